The monoisotopic (exact) mass is 260 g/mol. The van der Waals surface area contributed by atoms with Crippen LogP contribution >= 0.6 is 11.6 Å². The third-order valence-corrected chi connectivity index (χ3v) is 3.56. The molecule has 1 aromatic heterocycles. The van der Waals surface area contributed by atoms with Crippen LogP contribution in [0.1, 0.15) is 31.4 Å². The first-order valence-corrected chi connectivity index (χ1v) is 6.54. The predicted octanol–water partition coefficient (Wildman–Crippen LogP) is 4.61. The van der Waals surface area contributed by atoms with Crippen molar-refractivity contribution < 1.29 is 9.21 Å². The zero-order valence-corrected chi connectivity index (χ0v) is 10.7. The highest BCUT2D eigenvalue weighted by molar-refractivity contribution is 6.34. The van der Waals surface area contributed by atoms with Gasteiger partial charge in [0.25, 0.3) is 0 Å². The van der Waals surface area contributed by atoms with Gasteiger partial charge >= 0.3 is 0 Å². The lowest BCUT2D eigenvalue weighted by Gasteiger charge is -1.99. The number of furan rings is 1. The molecule has 0 radical (unpaired) electrons. The van der Waals surface area contributed by atoms with Gasteiger partial charge in [0.1, 0.15) is 5.76 Å². The number of benzene rings is 1. The van der Waals surface area contributed by atoms with Gasteiger partial charge in [0, 0.05) is 11.8 Å². The lowest BCUT2D eigenvalue weighted by Crippen LogP contribution is -1.89. The minimum Gasteiger partial charge on any atom is -0.455 e. The van der Waals surface area contributed by atoms with E-state index in [9.17, 15) is 4.79 Å². The highest BCUT2D eigenvalue weighted by atomic mass is 35.5. The van der Waals surface area contributed by atoms with Crippen LogP contribution in [0.2, 0.25) is 5.02 Å². The lowest BCUT2D eigenvalue weighted by atomic mass is 10.1. The molecule has 0 saturated heterocycles. The van der Waals surface area contributed by atoms with Crippen LogP contribution in [0.4, 0.5) is 0 Å². The van der Waals surface area contributed by atoms with Crippen LogP contribution < -0.4 is 0 Å². The maximum Gasteiger partial charge on any atom is 0.156 e. The maximum atomic E-state index is 11.6. The van der Waals surface area contributed by atoms with Gasteiger partial charge < -0.3 is 4.42 Å². The summed E-state index contributed by atoms with van der Waals surface area (Å²) in [5.74, 6) is 0.961. The molecule has 1 aliphatic rings. The van der Waals surface area contributed by atoms with Crippen molar-refractivity contribution in [3.8, 4) is 0 Å². The Morgan fingerprint density at radius 3 is 2.83 bits per heavy atom. The predicted molar refractivity (Wildman–Crippen MR) is 72.7 cm³/mol. The van der Waals surface area contributed by atoms with Gasteiger partial charge in [-0.05, 0) is 43.0 Å². The Balaban J connectivity index is 2.08. The van der Waals surface area contributed by atoms with Crippen LogP contribution in [0.25, 0.3) is 16.5 Å². The number of hydrogen-bond acceptors (Lipinski definition) is 2. The van der Waals surface area contributed by atoms with Crippen LogP contribution in [-0.2, 0) is 4.79 Å². The molecule has 2 nitrogen and oxygen atoms in total. The summed E-state index contributed by atoms with van der Waals surface area (Å²) >= 11 is 6.09. The highest BCUT2D eigenvalue weighted by Gasteiger charge is 2.14. The third-order valence-electron chi connectivity index (χ3n) is 3.27. The molecule has 0 N–H and O–H groups in total. The fraction of sp³-hybridized carbons (Fsp3) is 0.267. The van der Waals surface area contributed by atoms with Gasteiger partial charge in [-0.1, -0.05) is 23.7 Å². The number of hydrogen-bond donors (Lipinski definition) is 0. The van der Waals surface area contributed by atoms with E-state index in [-0.39, 0.29) is 5.78 Å². The lowest BCUT2D eigenvalue weighted by molar-refractivity contribution is -0.114. The fourth-order valence-electron chi connectivity index (χ4n) is 2.33. The molecule has 0 atom stereocenters. The van der Waals surface area contributed by atoms with Gasteiger partial charge in [-0.15, -0.1) is 0 Å². The van der Waals surface area contributed by atoms with Crippen molar-refractivity contribution >= 4 is 33.9 Å². The molecule has 3 rings (SSSR count). The molecule has 0 bridgehead atoms. The SMILES string of the molecule is O=C1C=C(c2cc3cccc(Cl)c3o2)CCCC1. The number of para-hydroxylation sites is 1. The molecule has 0 fully saturated rings. The molecule has 1 aliphatic carbocycles. The molecule has 92 valence electrons. The summed E-state index contributed by atoms with van der Waals surface area (Å²) in [7, 11) is 0. The summed E-state index contributed by atoms with van der Waals surface area (Å²) < 4.78 is 5.79. The Morgan fingerprint density at radius 1 is 1.17 bits per heavy atom. The number of rotatable bonds is 1. The summed E-state index contributed by atoms with van der Waals surface area (Å²) in [6, 6.07) is 7.64. The third kappa shape index (κ3) is 2.08. The molecular formula is C15H13ClO2. The summed E-state index contributed by atoms with van der Waals surface area (Å²) in [6.45, 7) is 0. The van der Waals surface area contributed by atoms with E-state index >= 15 is 0 Å². The van der Waals surface area contributed by atoms with Crippen LogP contribution in [0.3, 0.4) is 0 Å². The van der Waals surface area contributed by atoms with Crippen molar-refractivity contribution in [2.24, 2.45) is 0 Å². The molecule has 0 saturated carbocycles. The summed E-state index contributed by atoms with van der Waals surface area (Å²) in [6.07, 6.45) is 5.24. The minimum absolute atomic E-state index is 0.189. The highest BCUT2D eigenvalue weighted by Crippen LogP contribution is 2.32. The molecule has 0 unspecified atom stereocenters. The average Bonchev–Trinajstić information content (AvgIpc) is 2.67. The number of allylic oxidation sites excluding steroid dienone is 2. The fourth-order valence-corrected chi connectivity index (χ4v) is 2.55. The largest absolute Gasteiger partial charge is 0.455 e. The number of halogens is 1. The van der Waals surface area contributed by atoms with Crippen LogP contribution in [0.5, 0.6) is 0 Å². The maximum absolute atomic E-state index is 11.6. The van der Waals surface area contributed by atoms with Gasteiger partial charge in [-0.2, -0.15) is 0 Å². The van der Waals surface area contributed by atoms with Crippen molar-refractivity contribution in [2.45, 2.75) is 25.7 Å². The quantitative estimate of drug-likeness (QED) is 0.749. The Morgan fingerprint density at radius 2 is 2.00 bits per heavy atom. The summed E-state index contributed by atoms with van der Waals surface area (Å²) in [5.41, 5.74) is 1.69. The van der Waals surface area contributed by atoms with E-state index in [4.69, 9.17) is 16.0 Å². The first-order chi connectivity index (χ1) is 8.74. The van der Waals surface area contributed by atoms with Gasteiger partial charge in [0.05, 0.1) is 5.02 Å². The second-order valence-electron chi connectivity index (χ2n) is 4.61. The Hall–Kier alpha value is -1.54. The van der Waals surface area contributed by atoms with E-state index in [1.165, 1.54) is 0 Å². The van der Waals surface area contributed by atoms with Crippen LogP contribution in [-0.4, -0.2) is 5.78 Å². The van der Waals surface area contributed by atoms with Crippen molar-refractivity contribution in [3.63, 3.8) is 0 Å². The molecule has 0 aliphatic heterocycles. The Bertz CT molecular complexity index is 637. The number of carbonyl (C=O) groups excluding carboxylic acids is 1. The Kier molecular flexibility index (Phi) is 2.96. The van der Waals surface area contributed by atoms with Crippen molar-refractivity contribution in [1.82, 2.24) is 0 Å². The van der Waals surface area contributed by atoms with Gasteiger partial charge in [0.2, 0.25) is 0 Å². The Labute approximate surface area is 110 Å². The van der Waals surface area contributed by atoms with E-state index in [0.29, 0.717) is 17.0 Å². The number of ketones is 1. The molecule has 18 heavy (non-hydrogen) atoms. The zero-order chi connectivity index (χ0) is 12.5. The molecule has 2 aromatic rings. The first-order valence-electron chi connectivity index (χ1n) is 6.16. The van der Waals surface area contributed by atoms with E-state index < -0.39 is 0 Å². The van der Waals surface area contributed by atoms with Gasteiger partial charge in [0.15, 0.2) is 11.4 Å². The second kappa shape index (κ2) is 4.62. The molecule has 0 amide bonds. The molecule has 1 heterocycles. The van der Waals surface area contributed by atoms with Crippen molar-refractivity contribution in [2.75, 3.05) is 0 Å². The summed E-state index contributed by atoms with van der Waals surface area (Å²) in [4.78, 5) is 11.6. The van der Waals surface area contributed by atoms with E-state index in [1.807, 2.05) is 24.3 Å². The molecular weight excluding hydrogens is 248 g/mol. The van der Waals surface area contributed by atoms with Crippen LogP contribution in [0.15, 0.2) is 34.8 Å². The average molecular weight is 261 g/mol. The normalized spacial score (nSPS) is 16.7. The van der Waals surface area contributed by atoms with Gasteiger partial charge in [-0.3, -0.25) is 4.79 Å². The van der Waals surface area contributed by atoms with Crippen LogP contribution in [0, 0.1) is 0 Å². The van der Waals surface area contributed by atoms with E-state index in [0.717, 1.165) is 36.0 Å². The van der Waals surface area contributed by atoms with Crippen molar-refractivity contribution in [1.29, 1.82) is 0 Å². The van der Waals surface area contributed by atoms with E-state index in [2.05, 4.69) is 0 Å². The standard InChI is InChI=1S/C15H13ClO2/c16-13-7-3-5-11-9-14(18-15(11)13)10-4-1-2-6-12(17)8-10/h3,5,7-9H,1-2,4,6H2. The molecule has 3 heteroatoms. The second-order valence-corrected chi connectivity index (χ2v) is 5.02. The topological polar surface area (TPSA) is 30.2 Å². The van der Waals surface area contributed by atoms with E-state index in [1.54, 1.807) is 6.08 Å². The smallest absolute Gasteiger partial charge is 0.156 e. The molecule has 0 spiro atoms. The number of carbonyl (C=O) groups is 1. The van der Waals surface area contributed by atoms with Gasteiger partial charge in [-0.25, -0.2) is 0 Å². The molecule has 1 aromatic carbocycles. The summed E-state index contributed by atoms with van der Waals surface area (Å²) in [5, 5.41) is 1.59. The zero-order valence-electron chi connectivity index (χ0n) is 9.91. The minimum atomic E-state index is 0.189. The number of fused-ring (bicyclic) bond motifs is 1. The first kappa shape index (κ1) is 11.5. The van der Waals surface area contributed by atoms with Crippen molar-refractivity contribution in [3.05, 3.63) is 41.1 Å².